The number of aliphatic hydroxyl groups excluding tert-OH is 1. The van der Waals surface area contributed by atoms with Crippen molar-refractivity contribution in [1.29, 1.82) is 0 Å². The highest BCUT2D eigenvalue weighted by Crippen LogP contribution is 2.26. The molecule has 0 amide bonds. The number of benzene rings is 1. The number of aromatic carboxylic acids is 1. The van der Waals surface area contributed by atoms with Crippen LogP contribution in [0.5, 0.6) is 0 Å². The Balaban J connectivity index is 2.22. The molecule has 1 aliphatic heterocycles. The number of carboxylic acid groups (broad SMARTS) is 1. The van der Waals surface area contributed by atoms with Crippen molar-refractivity contribution in [3.8, 4) is 0 Å². The standard InChI is InChI=1S/C12H15N3O4/c1-7-3-4-8(11(16)17)5-10(7)15-6-9(13-14-15)12(18)19-2/h3-5,9,12,18H,6H2,1-2H3,(H,16,17). The molecular weight excluding hydrogens is 250 g/mol. The average molecular weight is 265 g/mol. The zero-order chi connectivity index (χ0) is 14.0. The lowest BCUT2D eigenvalue weighted by atomic mass is 10.1. The van der Waals surface area contributed by atoms with Gasteiger partial charge in [0, 0.05) is 7.11 Å². The summed E-state index contributed by atoms with van der Waals surface area (Å²) in [5.74, 6) is -0.995. The van der Waals surface area contributed by atoms with Crippen molar-refractivity contribution < 1.29 is 19.7 Å². The Morgan fingerprint density at radius 1 is 1.58 bits per heavy atom. The van der Waals surface area contributed by atoms with Crippen LogP contribution in [-0.4, -0.2) is 42.2 Å². The van der Waals surface area contributed by atoms with Crippen LogP contribution in [0.25, 0.3) is 0 Å². The van der Waals surface area contributed by atoms with E-state index in [0.29, 0.717) is 12.2 Å². The summed E-state index contributed by atoms with van der Waals surface area (Å²) < 4.78 is 4.79. The van der Waals surface area contributed by atoms with E-state index in [4.69, 9.17) is 9.84 Å². The monoisotopic (exact) mass is 265 g/mol. The molecular formula is C12H15N3O4. The van der Waals surface area contributed by atoms with Crippen molar-refractivity contribution in [2.75, 3.05) is 18.7 Å². The zero-order valence-electron chi connectivity index (χ0n) is 10.6. The van der Waals surface area contributed by atoms with E-state index in [2.05, 4.69) is 10.3 Å². The number of aliphatic hydroxyl groups is 1. The zero-order valence-corrected chi connectivity index (χ0v) is 10.6. The molecule has 7 heteroatoms. The second kappa shape index (κ2) is 5.33. The van der Waals surface area contributed by atoms with E-state index in [1.165, 1.54) is 19.2 Å². The molecule has 0 saturated heterocycles. The van der Waals surface area contributed by atoms with Crippen molar-refractivity contribution in [2.24, 2.45) is 10.3 Å². The number of methoxy groups -OCH3 is 1. The third-order valence-corrected chi connectivity index (χ3v) is 2.97. The molecule has 0 radical (unpaired) electrons. The van der Waals surface area contributed by atoms with Crippen molar-refractivity contribution >= 4 is 11.7 Å². The summed E-state index contributed by atoms with van der Waals surface area (Å²) in [5.41, 5.74) is 1.73. The quantitative estimate of drug-likeness (QED) is 0.798. The highest BCUT2D eigenvalue weighted by atomic mass is 16.6. The molecule has 1 aliphatic rings. The molecule has 2 rings (SSSR count). The van der Waals surface area contributed by atoms with Crippen LogP contribution in [0.15, 0.2) is 28.5 Å². The van der Waals surface area contributed by atoms with Crippen molar-refractivity contribution in [3.05, 3.63) is 29.3 Å². The molecule has 0 saturated carbocycles. The smallest absolute Gasteiger partial charge is 0.335 e. The Hall–Kier alpha value is -1.99. The van der Waals surface area contributed by atoms with Gasteiger partial charge >= 0.3 is 5.97 Å². The van der Waals surface area contributed by atoms with Crippen LogP contribution in [0.3, 0.4) is 0 Å². The first-order valence-electron chi connectivity index (χ1n) is 5.76. The van der Waals surface area contributed by atoms with E-state index < -0.39 is 18.3 Å². The van der Waals surface area contributed by atoms with Crippen LogP contribution in [0.1, 0.15) is 15.9 Å². The molecule has 0 aliphatic carbocycles. The van der Waals surface area contributed by atoms with Gasteiger partial charge in [-0.3, -0.25) is 0 Å². The minimum absolute atomic E-state index is 0.187. The first-order valence-corrected chi connectivity index (χ1v) is 5.76. The topological polar surface area (TPSA) is 94.7 Å². The summed E-state index contributed by atoms with van der Waals surface area (Å²) in [6.45, 7) is 2.20. The number of aryl methyl sites for hydroxylation is 1. The molecule has 0 bridgehead atoms. The Morgan fingerprint density at radius 3 is 2.95 bits per heavy atom. The lowest BCUT2D eigenvalue weighted by Gasteiger charge is -2.18. The van der Waals surface area contributed by atoms with Crippen molar-refractivity contribution in [1.82, 2.24) is 0 Å². The summed E-state index contributed by atoms with van der Waals surface area (Å²) in [7, 11) is 1.39. The second-order valence-electron chi connectivity index (χ2n) is 4.29. The Morgan fingerprint density at radius 2 is 2.32 bits per heavy atom. The van der Waals surface area contributed by atoms with E-state index in [9.17, 15) is 9.90 Å². The maximum Gasteiger partial charge on any atom is 0.335 e. The molecule has 102 valence electrons. The van der Waals surface area contributed by atoms with Gasteiger partial charge < -0.3 is 14.9 Å². The largest absolute Gasteiger partial charge is 0.478 e. The molecule has 7 nitrogen and oxygen atoms in total. The third kappa shape index (κ3) is 2.72. The molecule has 2 atom stereocenters. The summed E-state index contributed by atoms with van der Waals surface area (Å²) in [6, 6.07) is 4.32. The van der Waals surface area contributed by atoms with E-state index in [1.807, 2.05) is 6.92 Å². The maximum atomic E-state index is 11.0. The fourth-order valence-corrected chi connectivity index (χ4v) is 1.85. The molecule has 19 heavy (non-hydrogen) atoms. The normalized spacial score (nSPS) is 19.7. The number of carbonyl (C=O) groups is 1. The third-order valence-electron chi connectivity index (χ3n) is 2.97. The molecule has 1 heterocycles. The molecule has 2 N–H and O–H groups in total. The fourth-order valence-electron chi connectivity index (χ4n) is 1.85. The van der Waals surface area contributed by atoms with E-state index in [0.717, 1.165) is 5.56 Å². The predicted molar refractivity (Wildman–Crippen MR) is 67.1 cm³/mol. The lowest BCUT2D eigenvalue weighted by molar-refractivity contribution is -0.0856. The molecule has 1 aromatic carbocycles. The van der Waals surface area contributed by atoms with Gasteiger partial charge in [-0.15, -0.1) is 0 Å². The van der Waals surface area contributed by atoms with Gasteiger partial charge in [-0.25, -0.2) is 9.80 Å². The number of hydrogen-bond acceptors (Lipinski definition) is 6. The summed E-state index contributed by atoms with van der Waals surface area (Å²) in [6.07, 6.45) is -1.02. The van der Waals surface area contributed by atoms with Gasteiger partial charge in [0.05, 0.1) is 17.8 Å². The van der Waals surface area contributed by atoms with Crippen LogP contribution in [0.2, 0.25) is 0 Å². The second-order valence-corrected chi connectivity index (χ2v) is 4.29. The molecule has 1 aromatic rings. The molecule has 0 aromatic heterocycles. The van der Waals surface area contributed by atoms with Gasteiger partial charge in [-0.05, 0) is 24.6 Å². The number of hydrogen-bond donors (Lipinski definition) is 2. The van der Waals surface area contributed by atoms with Crippen molar-refractivity contribution in [2.45, 2.75) is 19.3 Å². The number of nitrogens with zero attached hydrogens (tertiary/aromatic N) is 3. The maximum absolute atomic E-state index is 11.0. The predicted octanol–water partition coefficient (Wildman–Crippen LogP) is 1.21. The first kappa shape index (κ1) is 13.4. The summed E-state index contributed by atoms with van der Waals surface area (Å²) in [4.78, 5) is 11.0. The number of carboxylic acids is 1. The summed E-state index contributed by atoms with van der Waals surface area (Å²) in [5, 5.41) is 27.9. The van der Waals surface area contributed by atoms with Gasteiger partial charge in [0.2, 0.25) is 0 Å². The van der Waals surface area contributed by atoms with Gasteiger partial charge in [-0.1, -0.05) is 11.3 Å². The number of rotatable bonds is 4. The SMILES string of the molecule is COC(O)C1CN(c2cc(C(=O)O)ccc2C)N=N1. The number of ether oxygens (including phenoxy) is 1. The van der Waals surface area contributed by atoms with Gasteiger partial charge in [-0.2, -0.15) is 5.11 Å². The van der Waals surface area contributed by atoms with Crippen LogP contribution in [0.4, 0.5) is 5.69 Å². The van der Waals surface area contributed by atoms with Gasteiger partial charge in [0.1, 0.15) is 6.04 Å². The van der Waals surface area contributed by atoms with Crippen LogP contribution < -0.4 is 5.01 Å². The highest BCUT2D eigenvalue weighted by molar-refractivity contribution is 5.89. The average Bonchev–Trinajstić information content (AvgIpc) is 2.87. The van der Waals surface area contributed by atoms with E-state index in [-0.39, 0.29) is 5.56 Å². The van der Waals surface area contributed by atoms with Crippen LogP contribution in [0, 0.1) is 6.92 Å². The highest BCUT2D eigenvalue weighted by Gasteiger charge is 2.28. The summed E-state index contributed by atoms with van der Waals surface area (Å²) >= 11 is 0. The minimum atomic E-state index is -1.02. The van der Waals surface area contributed by atoms with E-state index >= 15 is 0 Å². The van der Waals surface area contributed by atoms with Crippen LogP contribution in [-0.2, 0) is 4.74 Å². The first-order chi connectivity index (χ1) is 9.02. The lowest BCUT2D eigenvalue weighted by Crippen LogP contribution is -2.32. The van der Waals surface area contributed by atoms with Crippen LogP contribution >= 0.6 is 0 Å². The Kier molecular flexibility index (Phi) is 3.77. The van der Waals surface area contributed by atoms with E-state index in [1.54, 1.807) is 11.1 Å². The molecule has 0 fully saturated rings. The minimum Gasteiger partial charge on any atom is -0.478 e. The molecule has 2 unspecified atom stereocenters. The van der Waals surface area contributed by atoms with Gasteiger partial charge in [0.25, 0.3) is 0 Å². The Bertz CT molecular complexity index is 518. The van der Waals surface area contributed by atoms with Crippen molar-refractivity contribution in [3.63, 3.8) is 0 Å². The molecule has 0 spiro atoms. The fraction of sp³-hybridized carbons (Fsp3) is 0.417. The number of anilines is 1. The Labute approximate surface area is 110 Å². The van der Waals surface area contributed by atoms with Gasteiger partial charge in [0.15, 0.2) is 6.29 Å².